The van der Waals surface area contributed by atoms with Crippen LogP contribution >= 0.6 is 18.9 Å². The Morgan fingerprint density at radius 1 is 1.26 bits per heavy atom. The van der Waals surface area contributed by atoms with Crippen molar-refractivity contribution in [3.8, 4) is 0 Å². The Kier molecular flexibility index (Phi) is 8.29. The van der Waals surface area contributed by atoms with Crippen LogP contribution in [0.5, 0.6) is 0 Å². The first-order valence-electron chi connectivity index (χ1n) is 7.18. The second-order valence-electron chi connectivity index (χ2n) is 5.35. The fourth-order valence-corrected chi connectivity index (χ4v) is 3.20. The molecule has 1 aliphatic heterocycles. The first-order chi connectivity index (χ1) is 9.06. The zero-order chi connectivity index (χ0) is 14.3. The molecule has 1 aliphatic rings. The molecular formula is C13H28O4P2. The topological polar surface area (TPSA) is 47.9 Å². The standard InChI is InChI=1S/C13H28O4P2/c1-3-10(16-18)8-12-6-5-7-13(14,15-12)9-11(4-2)17-19/h10-12,14H,3-9,18-19H2,1-2H3/t10-,11-,12-,13+/m0/s1. The van der Waals surface area contributed by atoms with Gasteiger partial charge in [0.2, 0.25) is 0 Å². The van der Waals surface area contributed by atoms with Crippen molar-refractivity contribution in [2.45, 2.75) is 82.9 Å². The molecule has 114 valence electrons. The zero-order valence-corrected chi connectivity index (χ0v) is 14.3. The number of aliphatic hydroxyl groups is 1. The predicted molar refractivity (Wildman–Crippen MR) is 82.7 cm³/mol. The third-order valence-electron chi connectivity index (χ3n) is 3.85. The van der Waals surface area contributed by atoms with E-state index >= 15 is 0 Å². The van der Waals surface area contributed by atoms with E-state index in [-0.39, 0.29) is 18.3 Å². The minimum atomic E-state index is -1.04. The maximum atomic E-state index is 10.6. The van der Waals surface area contributed by atoms with Gasteiger partial charge in [0.1, 0.15) is 0 Å². The van der Waals surface area contributed by atoms with Gasteiger partial charge in [-0.25, -0.2) is 0 Å². The van der Waals surface area contributed by atoms with Gasteiger partial charge in [-0.1, -0.05) is 13.8 Å². The van der Waals surface area contributed by atoms with Crippen LogP contribution in [0, 0.1) is 0 Å². The molecule has 1 fully saturated rings. The Bertz CT molecular complexity index is 247. The van der Waals surface area contributed by atoms with Crippen molar-refractivity contribution in [1.29, 1.82) is 0 Å². The van der Waals surface area contributed by atoms with E-state index in [1.165, 1.54) is 0 Å². The highest BCUT2D eigenvalue weighted by Crippen LogP contribution is 2.34. The summed E-state index contributed by atoms with van der Waals surface area (Å²) in [6, 6.07) is 0. The van der Waals surface area contributed by atoms with Crippen molar-refractivity contribution in [3.63, 3.8) is 0 Å². The third kappa shape index (κ3) is 5.91. The van der Waals surface area contributed by atoms with Gasteiger partial charge in [0, 0.05) is 38.2 Å². The summed E-state index contributed by atoms with van der Waals surface area (Å²) in [7, 11) is 4.60. The van der Waals surface area contributed by atoms with Crippen LogP contribution in [0.1, 0.15) is 58.8 Å². The predicted octanol–water partition coefficient (Wildman–Crippen LogP) is 3.19. The summed E-state index contributed by atoms with van der Waals surface area (Å²) in [6.45, 7) is 4.15. The molecule has 0 radical (unpaired) electrons. The Balaban J connectivity index is 2.52. The molecular weight excluding hydrogens is 282 g/mol. The highest BCUT2D eigenvalue weighted by atomic mass is 31.0. The Labute approximate surface area is 121 Å². The first kappa shape index (κ1) is 17.8. The summed E-state index contributed by atoms with van der Waals surface area (Å²) in [6.07, 6.45) is 6.13. The number of ether oxygens (including phenoxy) is 1. The molecule has 6 heteroatoms. The van der Waals surface area contributed by atoms with Gasteiger partial charge in [-0.2, -0.15) is 0 Å². The Morgan fingerprint density at radius 3 is 2.42 bits per heavy atom. The van der Waals surface area contributed by atoms with Gasteiger partial charge in [0.25, 0.3) is 0 Å². The SMILES string of the molecule is CC[C@@H](C[C@@H]1CCC[C@](O)(C[C@H](CC)OP)O1)OP. The Morgan fingerprint density at radius 2 is 1.89 bits per heavy atom. The van der Waals surface area contributed by atoms with E-state index in [2.05, 4.69) is 25.9 Å². The van der Waals surface area contributed by atoms with Crippen LogP contribution in [0.15, 0.2) is 0 Å². The van der Waals surface area contributed by atoms with E-state index in [0.717, 1.165) is 32.1 Å². The van der Waals surface area contributed by atoms with Gasteiger partial charge >= 0.3 is 0 Å². The maximum Gasteiger partial charge on any atom is 0.168 e. The van der Waals surface area contributed by atoms with Gasteiger partial charge in [-0.05, 0) is 25.7 Å². The highest BCUT2D eigenvalue weighted by molar-refractivity contribution is 7.10. The lowest BCUT2D eigenvalue weighted by Crippen LogP contribution is -2.44. The normalized spacial score (nSPS) is 31.1. The molecule has 1 rings (SSSR count). The second-order valence-corrected chi connectivity index (χ2v) is 5.90. The summed E-state index contributed by atoms with van der Waals surface area (Å²) >= 11 is 0. The minimum Gasteiger partial charge on any atom is -0.365 e. The van der Waals surface area contributed by atoms with E-state index in [1.807, 2.05) is 6.92 Å². The molecule has 0 amide bonds. The minimum absolute atomic E-state index is 0.0219. The van der Waals surface area contributed by atoms with Crippen molar-refractivity contribution < 1.29 is 18.9 Å². The lowest BCUT2D eigenvalue weighted by Gasteiger charge is -2.39. The van der Waals surface area contributed by atoms with Crippen LogP contribution < -0.4 is 0 Å². The molecule has 0 aliphatic carbocycles. The average molecular weight is 310 g/mol. The average Bonchev–Trinajstić information content (AvgIpc) is 2.42. The molecule has 0 aromatic heterocycles. The van der Waals surface area contributed by atoms with Crippen molar-refractivity contribution in [2.75, 3.05) is 0 Å². The number of hydrogen-bond donors (Lipinski definition) is 1. The first-order valence-corrected chi connectivity index (χ1v) is 8.12. The van der Waals surface area contributed by atoms with Crippen LogP contribution in [0.2, 0.25) is 0 Å². The molecule has 0 aromatic carbocycles. The molecule has 6 atom stereocenters. The zero-order valence-electron chi connectivity index (χ0n) is 12.0. The van der Waals surface area contributed by atoms with Crippen LogP contribution in [0.25, 0.3) is 0 Å². The smallest absolute Gasteiger partial charge is 0.168 e. The lowest BCUT2D eigenvalue weighted by atomic mass is 9.93. The molecule has 0 bridgehead atoms. The van der Waals surface area contributed by atoms with E-state index in [1.54, 1.807) is 0 Å². The monoisotopic (exact) mass is 310 g/mol. The fraction of sp³-hybridized carbons (Fsp3) is 1.00. The Hall–Kier alpha value is 0.700. The van der Waals surface area contributed by atoms with Crippen LogP contribution in [-0.2, 0) is 13.8 Å². The summed E-state index contributed by atoms with van der Waals surface area (Å²) in [4.78, 5) is 0. The summed E-state index contributed by atoms with van der Waals surface area (Å²) in [5.74, 6) is -1.04. The molecule has 2 unspecified atom stereocenters. The molecule has 0 aromatic rings. The molecule has 1 N–H and O–H groups in total. The molecule has 4 nitrogen and oxygen atoms in total. The van der Waals surface area contributed by atoms with Crippen molar-refractivity contribution in [2.24, 2.45) is 0 Å². The van der Waals surface area contributed by atoms with Gasteiger partial charge < -0.3 is 18.9 Å². The molecule has 1 heterocycles. The van der Waals surface area contributed by atoms with Gasteiger partial charge in [-0.3, -0.25) is 0 Å². The van der Waals surface area contributed by atoms with Crippen LogP contribution in [0.3, 0.4) is 0 Å². The number of hydrogen-bond acceptors (Lipinski definition) is 4. The lowest BCUT2D eigenvalue weighted by molar-refractivity contribution is -0.266. The number of rotatable bonds is 8. The second kappa shape index (κ2) is 8.87. The van der Waals surface area contributed by atoms with E-state index in [4.69, 9.17) is 13.8 Å². The molecule has 0 spiro atoms. The quantitative estimate of drug-likeness (QED) is 0.700. The summed E-state index contributed by atoms with van der Waals surface area (Å²) in [5.41, 5.74) is 0. The van der Waals surface area contributed by atoms with E-state index in [0.29, 0.717) is 12.8 Å². The van der Waals surface area contributed by atoms with Crippen molar-refractivity contribution in [1.82, 2.24) is 0 Å². The maximum absolute atomic E-state index is 10.6. The highest BCUT2D eigenvalue weighted by Gasteiger charge is 2.37. The molecule has 0 saturated carbocycles. The third-order valence-corrected chi connectivity index (χ3v) is 4.62. The fourth-order valence-electron chi connectivity index (χ4n) is 2.61. The largest absolute Gasteiger partial charge is 0.365 e. The van der Waals surface area contributed by atoms with E-state index < -0.39 is 5.79 Å². The van der Waals surface area contributed by atoms with Gasteiger partial charge in [-0.15, -0.1) is 0 Å². The molecule has 1 saturated heterocycles. The molecule has 19 heavy (non-hydrogen) atoms. The van der Waals surface area contributed by atoms with Gasteiger partial charge in [0.15, 0.2) is 5.79 Å². The summed E-state index contributed by atoms with van der Waals surface area (Å²) < 4.78 is 16.5. The van der Waals surface area contributed by atoms with Crippen LogP contribution in [-0.4, -0.2) is 29.2 Å². The van der Waals surface area contributed by atoms with Crippen molar-refractivity contribution >= 4 is 18.9 Å². The van der Waals surface area contributed by atoms with Crippen molar-refractivity contribution in [3.05, 3.63) is 0 Å². The summed E-state index contributed by atoms with van der Waals surface area (Å²) in [5, 5.41) is 10.6. The van der Waals surface area contributed by atoms with E-state index in [9.17, 15) is 5.11 Å². The van der Waals surface area contributed by atoms with Crippen LogP contribution in [0.4, 0.5) is 0 Å². The van der Waals surface area contributed by atoms with Gasteiger partial charge in [0.05, 0.1) is 18.3 Å².